The van der Waals surface area contributed by atoms with Crippen molar-refractivity contribution in [1.82, 2.24) is 15.2 Å². The van der Waals surface area contributed by atoms with Gasteiger partial charge in [-0.05, 0) is 0 Å². The molecule has 0 bridgehead atoms. The molecule has 1 aromatic rings. The molecule has 0 saturated carbocycles. The lowest BCUT2D eigenvalue weighted by Gasteiger charge is -2.49. The summed E-state index contributed by atoms with van der Waals surface area (Å²) in [6.07, 6.45) is 0. The average molecular weight is 532 g/mol. The molecule has 2 aliphatic heterocycles. The monoisotopic (exact) mass is 531 g/mol. The van der Waals surface area contributed by atoms with E-state index in [0.29, 0.717) is 0 Å². The van der Waals surface area contributed by atoms with Crippen LogP contribution in [0.25, 0.3) is 0 Å². The number of aromatic nitrogens is 1. The minimum atomic E-state index is -1.35. The molecule has 2 aliphatic rings. The number of nitrogens with zero attached hydrogens (tertiary/aromatic N) is 3. The van der Waals surface area contributed by atoms with E-state index in [1.165, 1.54) is 31.2 Å². The van der Waals surface area contributed by atoms with E-state index >= 15 is 0 Å². The Bertz CT molecular complexity index is 1100. The molecule has 1 saturated heterocycles. The van der Waals surface area contributed by atoms with Crippen molar-refractivity contribution in [2.24, 2.45) is 5.16 Å². The first-order valence-electron chi connectivity index (χ1n) is 9.45. The van der Waals surface area contributed by atoms with Crippen LogP contribution in [0, 0.1) is 0 Å². The van der Waals surface area contributed by atoms with Crippen molar-refractivity contribution in [1.29, 1.82) is 0 Å². The molecule has 3 N–H and O–H groups in total. The van der Waals surface area contributed by atoms with Crippen molar-refractivity contribution < 1.29 is 38.7 Å². The molecule has 34 heavy (non-hydrogen) atoms. The molecule has 13 nitrogen and oxygen atoms in total. The van der Waals surface area contributed by atoms with Gasteiger partial charge in [0.25, 0.3) is 11.8 Å². The van der Waals surface area contributed by atoms with Crippen molar-refractivity contribution in [2.75, 3.05) is 30.7 Å². The number of thiazole rings is 1. The summed E-state index contributed by atoms with van der Waals surface area (Å²) in [4.78, 5) is 69.8. The van der Waals surface area contributed by atoms with Crippen LogP contribution in [0.3, 0.4) is 0 Å². The zero-order chi connectivity index (χ0) is 25.0. The van der Waals surface area contributed by atoms with Gasteiger partial charge >= 0.3 is 11.9 Å². The number of carboxylic acid groups (broad SMARTS) is 1. The summed E-state index contributed by atoms with van der Waals surface area (Å²) in [5.41, 5.74) is -0.158. The van der Waals surface area contributed by atoms with Gasteiger partial charge in [-0.25, -0.2) is 9.78 Å². The zero-order valence-electron chi connectivity index (χ0n) is 17.7. The number of oxime groups is 1. The molecule has 3 rings (SSSR count). The summed E-state index contributed by atoms with van der Waals surface area (Å²) in [6.45, 7) is 0.935. The summed E-state index contributed by atoms with van der Waals surface area (Å²) in [6, 6.07) is -1.03. The lowest BCUT2D eigenvalue weighted by atomic mass is 10.0. The molecular formula is C18H18ClN5O8S2. The number of rotatable bonds is 9. The molecule has 182 valence electrons. The van der Waals surface area contributed by atoms with Gasteiger partial charge in [0, 0.05) is 23.6 Å². The fraction of sp³-hybridized carbons (Fsp3) is 0.389. The van der Waals surface area contributed by atoms with E-state index in [-0.39, 0.29) is 46.0 Å². The molecule has 1 fully saturated rings. The first kappa shape index (κ1) is 25.5. The Morgan fingerprint density at radius 1 is 1.38 bits per heavy atom. The molecule has 0 unspecified atom stereocenters. The predicted molar refractivity (Wildman–Crippen MR) is 121 cm³/mol. The lowest BCUT2D eigenvalue weighted by Crippen LogP contribution is -2.71. The third-order valence-corrected chi connectivity index (χ3v) is 6.84. The molecule has 16 heteroatoms. The van der Waals surface area contributed by atoms with Crippen molar-refractivity contribution in [3.05, 3.63) is 22.3 Å². The molecule has 0 spiro atoms. The van der Waals surface area contributed by atoms with Gasteiger partial charge in [0.1, 0.15) is 42.4 Å². The number of carbonyl (C=O) groups is 5. The number of nitrogens with one attached hydrogen (secondary N) is 2. The Morgan fingerprint density at radius 2 is 2.12 bits per heavy atom. The van der Waals surface area contributed by atoms with Crippen molar-refractivity contribution in [2.45, 2.75) is 18.3 Å². The van der Waals surface area contributed by atoms with Crippen molar-refractivity contribution in [3.8, 4) is 0 Å². The van der Waals surface area contributed by atoms with Gasteiger partial charge in [-0.1, -0.05) is 5.16 Å². The number of thioether (sulfide) groups is 1. The average Bonchev–Trinajstić information content (AvgIpc) is 3.26. The smallest absolute Gasteiger partial charge is 0.352 e. The number of carboxylic acids is 1. The minimum Gasteiger partial charge on any atom is -0.477 e. The molecule has 3 amide bonds. The van der Waals surface area contributed by atoms with E-state index in [4.69, 9.17) is 21.2 Å². The van der Waals surface area contributed by atoms with Crippen LogP contribution >= 0.6 is 34.7 Å². The fourth-order valence-electron chi connectivity index (χ4n) is 3.08. The SMILES string of the molecule is CO/N=C(\C(=O)N[C@H]1C(=O)N2C(C(=O)O)=C(COC(C)=O)CS[C@H]12)c1csc(NC(=O)CCl)n1. The topological polar surface area (TPSA) is 177 Å². The van der Waals surface area contributed by atoms with Crippen LogP contribution in [0.1, 0.15) is 12.6 Å². The normalized spacial score (nSPS) is 19.7. The number of hydrogen-bond acceptors (Lipinski definition) is 11. The second kappa shape index (κ2) is 10.8. The van der Waals surface area contributed by atoms with E-state index in [1.54, 1.807) is 0 Å². The van der Waals surface area contributed by atoms with E-state index in [9.17, 15) is 29.1 Å². The van der Waals surface area contributed by atoms with Gasteiger partial charge in [0.05, 0.1) is 0 Å². The van der Waals surface area contributed by atoms with Crippen molar-refractivity contribution in [3.63, 3.8) is 0 Å². The number of carbonyl (C=O) groups excluding carboxylic acids is 4. The van der Waals surface area contributed by atoms with Gasteiger partial charge in [-0.2, -0.15) is 0 Å². The summed E-state index contributed by atoms with van der Waals surface area (Å²) >= 11 is 7.69. The van der Waals surface area contributed by atoms with E-state index < -0.39 is 41.1 Å². The maximum Gasteiger partial charge on any atom is 0.352 e. The van der Waals surface area contributed by atoms with Crippen LogP contribution in [-0.2, 0) is 33.5 Å². The lowest BCUT2D eigenvalue weighted by molar-refractivity contribution is -0.150. The second-order valence-electron chi connectivity index (χ2n) is 6.74. The van der Waals surface area contributed by atoms with Crippen LogP contribution in [0.15, 0.2) is 21.8 Å². The van der Waals surface area contributed by atoms with Crippen LogP contribution in [0.5, 0.6) is 0 Å². The third-order valence-electron chi connectivity index (χ3n) is 4.50. The molecular weight excluding hydrogens is 514 g/mol. The second-order valence-corrected chi connectivity index (χ2v) is 8.97. The highest BCUT2D eigenvalue weighted by molar-refractivity contribution is 8.00. The number of fused-ring (bicyclic) bond motifs is 1. The minimum absolute atomic E-state index is 0.0870. The summed E-state index contributed by atoms with van der Waals surface area (Å²) in [7, 11) is 1.22. The molecule has 0 aliphatic carbocycles. The zero-order valence-corrected chi connectivity index (χ0v) is 20.1. The predicted octanol–water partition coefficient (Wildman–Crippen LogP) is -0.0274. The molecule has 3 heterocycles. The first-order chi connectivity index (χ1) is 16.2. The highest BCUT2D eigenvalue weighted by Gasteiger charge is 2.54. The number of esters is 1. The Hall–Kier alpha value is -3.17. The highest BCUT2D eigenvalue weighted by Crippen LogP contribution is 2.40. The molecule has 2 atom stereocenters. The molecule has 0 aromatic carbocycles. The van der Waals surface area contributed by atoms with E-state index in [2.05, 4.69) is 20.8 Å². The van der Waals surface area contributed by atoms with Gasteiger partial charge < -0.3 is 25.3 Å². The fourth-order valence-corrected chi connectivity index (χ4v) is 5.19. The maximum absolute atomic E-state index is 12.9. The maximum atomic E-state index is 12.9. The number of β-lactam (4-membered cyclic amide) rings is 1. The van der Waals surface area contributed by atoms with E-state index in [1.807, 2.05) is 0 Å². The summed E-state index contributed by atoms with van der Waals surface area (Å²) in [5, 5.41) is 19.2. The van der Waals surface area contributed by atoms with Gasteiger partial charge in [0.15, 0.2) is 10.8 Å². The van der Waals surface area contributed by atoms with Gasteiger partial charge in [-0.15, -0.1) is 34.7 Å². The first-order valence-corrected chi connectivity index (χ1v) is 11.9. The number of aliphatic carboxylic acids is 1. The van der Waals surface area contributed by atoms with Crippen LogP contribution < -0.4 is 10.6 Å². The van der Waals surface area contributed by atoms with Gasteiger partial charge in [0.2, 0.25) is 5.91 Å². The number of ether oxygens (including phenoxy) is 1. The summed E-state index contributed by atoms with van der Waals surface area (Å²) < 4.78 is 4.89. The number of alkyl halides is 1. The quantitative estimate of drug-likeness (QED) is 0.129. The Morgan fingerprint density at radius 3 is 2.74 bits per heavy atom. The molecule has 1 aromatic heterocycles. The Balaban J connectivity index is 1.75. The Labute approximate surface area is 205 Å². The van der Waals surface area contributed by atoms with Gasteiger partial charge in [-0.3, -0.25) is 24.1 Å². The standard InChI is InChI=1S/C18H18ClN5O8S2/c1-7(25)32-4-8-5-33-16-12(15(28)24(16)13(8)17(29)30)22-14(27)11(23-31-2)9-6-34-18(20-9)21-10(26)3-19/h6,12,16H,3-5H2,1-2H3,(H,22,27)(H,29,30)(H,20,21,26)/b23-11-/t12-,16+/m0/s1. The highest BCUT2D eigenvalue weighted by atomic mass is 35.5. The number of halogens is 1. The molecule has 0 radical (unpaired) electrons. The largest absolute Gasteiger partial charge is 0.477 e. The third kappa shape index (κ3) is 5.31. The van der Waals surface area contributed by atoms with Crippen molar-refractivity contribution >= 4 is 75.2 Å². The number of hydrogen-bond donors (Lipinski definition) is 3. The van der Waals surface area contributed by atoms with Crippen LogP contribution in [0.4, 0.5) is 5.13 Å². The number of anilines is 1. The number of amides is 3. The van der Waals surface area contributed by atoms with Crippen LogP contribution in [0.2, 0.25) is 0 Å². The summed E-state index contributed by atoms with van der Waals surface area (Å²) in [5.74, 6) is -3.93. The van der Waals surface area contributed by atoms with Crippen LogP contribution in [-0.4, -0.2) is 87.1 Å². The Kier molecular flexibility index (Phi) is 8.11. The van der Waals surface area contributed by atoms with E-state index in [0.717, 1.165) is 16.2 Å².